The molecule has 0 fully saturated rings. The molecule has 0 saturated carbocycles. The fraction of sp³-hybridized carbons (Fsp3) is 0.158. The van der Waals surface area contributed by atoms with Gasteiger partial charge >= 0.3 is 5.97 Å². The quantitative estimate of drug-likeness (QED) is 0.578. The molecule has 2 rings (SSSR count). The zero-order valence-electron chi connectivity index (χ0n) is 13.5. The maximum Gasteiger partial charge on any atom is 0.306 e. The standard InChI is InChI=1S/C19H19O5S/c20-19(24-14-15-25(21,22)23)13-7-12-18(16-8-3-1-4-9-16)17-10-5-2-6-11-17/h1-12H,13-15H2,(H,21,22,23). The third-order valence-electron chi connectivity index (χ3n) is 3.34. The Morgan fingerprint density at radius 3 is 1.96 bits per heavy atom. The number of allylic oxidation sites excluding steroid dienone is 1. The third kappa shape index (κ3) is 6.91. The van der Waals surface area contributed by atoms with Gasteiger partial charge in [-0.25, -0.2) is 0 Å². The highest BCUT2D eigenvalue weighted by Crippen LogP contribution is 2.23. The lowest BCUT2D eigenvalue weighted by atomic mass is 9.96. The predicted molar refractivity (Wildman–Crippen MR) is 96.3 cm³/mol. The van der Waals surface area contributed by atoms with E-state index in [4.69, 9.17) is 9.29 Å². The van der Waals surface area contributed by atoms with Gasteiger partial charge in [-0.2, -0.15) is 8.42 Å². The van der Waals surface area contributed by atoms with Crippen LogP contribution in [0.2, 0.25) is 0 Å². The van der Waals surface area contributed by atoms with Gasteiger partial charge in [-0.15, -0.1) is 0 Å². The first-order chi connectivity index (χ1) is 12.0. The van der Waals surface area contributed by atoms with Crippen LogP contribution in [0.25, 0.3) is 5.57 Å². The summed E-state index contributed by atoms with van der Waals surface area (Å²) in [6.07, 6.45) is 3.52. The van der Waals surface area contributed by atoms with Crippen LogP contribution in [0.5, 0.6) is 0 Å². The van der Waals surface area contributed by atoms with E-state index in [1.807, 2.05) is 66.7 Å². The molecule has 0 aromatic heterocycles. The molecule has 131 valence electrons. The molecule has 0 spiro atoms. The van der Waals surface area contributed by atoms with Crippen LogP contribution in [0, 0.1) is 6.42 Å². The van der Waals surface area contributed by atoms with Crippen LogP contribution in [0.3, 0.4) is 0 Å². The molecular weight excluding hydrogens is 340 g/mol. The summed E-state index contributed by atoms with van der Waals surface area (Å²) >= 11 is 0. The van der Waals surface area contributed by atoms with Crippen LogP contribution < -0.4 is 0 Å². The zero-order valence-corrected chi connectivity index (χ0v) is 14.4. The normalized spacial score (nSPS) is 10.9. The lowest BCUT2D eigenvalue weighted by Gasteiger charge is -2.09. The van der Waals surface area contributed by atoms with Crippen LogP contribution in [0.4, 0.5) is 0 Å². The van der Waals surface area contributed by atoms with Gasteiger partial charge in [0.15, 0.2) is 0 Å². The Hall–Kier alpha value is -2.44. The fourth-order valence-corrected chi connectivity index (χ4v) is 2.48. The van der Waals surface area contributed by atoms with Crippen molar-refractivity contribution in [3.8, 4) is 0 Å². The second-order valence-electron chi connectivity index (χ2n) is 5.26. The largest absolute Gasteiger partial charge is 0.464 e. The second-order valence-corrected chi connectivity index (χ2v) is 6.83. The van der Waals surface area contributed by atoms with Crippen molar-refractivity contribution in [1.82, 2.24) is 0 Å². The summed E-state index contributed by atoms with van der Waals surface area (Å²) in [7, 11) is -4.13. The minimum atomic E-state index is -4.13. The number of hydrogen-bond donors (Lipinski definition) is 1. The summed E-state index contributed by atoms with van der Waals surface area (Å²) in [6, 6.07) is 19.6. The van der Waals surface area contributed by atoms with E-state index in [0.717, 1.165) is 16.7 Å². The van der Waals surface area contributed by atoms with Crippen LogP contribution >= 0.6 is 0 Å². The number of carbonyl (C=O) groups is 1. The lowest BCUT2D eigenvalue weighted by molar-refractivity contribution is -0.142. The average Bonchev–Trinajstić information content (AvgIpc) is 2.59. The molecular formula is C19H19O5S. The van der Waals surface area contributed by atoms with Crippen molar-refractivity contribution in [3.63, 3.8) is 0 Å². The highest BCUT2D eigenvalue weighted by atomic mass is 32.2. The molecule has 0 saturated heterocycles. The number of hydrogen-bond acceptors (Lipinski definition) is 4. The van der Waals surface area contributed by atoms with E-state index in [9.17, 15) is 13.2 Å². The van der Waals surface area contributed by atoms with E-state index in [0.29, 0.717) is 0 Å². The minimum Gasteiger partial charge on any atom is -0.464 e. The van der Waals surface area contributed by atoms with Crippen molar-refractivity contribution in [2.75, 3.05) is 12.4 Å². The number of carbonyl (C=O) groups excluding carboxylic acids is 1. The third-order valence-corrected chi connectivity index (χ3v) is 4.03. The van der Waals surface area contributed by atoms with E-state index in [-0.39, 0.29) is 13.0 Å². The van der Waals surface area contributed by atoms with Gasteiger partial charge < -0.3 is 4.74 Å². The van der Waals surface area contributed by atoms with Gasteiger partial charge in [-0.1, -0.05) is 66.7 Å². The second kappa shape index (κ2) is 9.15. The molecule has 0 unspecified atom stereocenters. The molecule has 2 aromatic rings. The van der Waals surface area contributed by atoms with Gasteiger partial charge in [0.05, 0.1) is 6.42 Å². The highest BCUT2D eigenvalue weighted by Gasteiger charge is 2.09. The molecule has 1 N–H and O–H groups in total. The molecule has 0 bridgehead atoms. The summed E-state index contributed by atoms with van der Waals surface area (Å²) in [5.74, 6) is -1.16. The Morgan fingerprint density at radius 2 is 1.48 bits per heavy atom. The summed E-state index contributed by atoms with van der Waals surface area (Å²) < 4.78 is 34.5. The topological polar surface area (TPSA) is 80.7 Å². The van der Waals surface area contributed by atoms with Gasteiger partial charge in [0, 0.05) is 0 Å². The average molecular weight is 359 g/mol. The first kappa shape index (κ1) is 18.9. The smallest absolute Gasteiger partial charge is 0.306 e. The molecule has 2 aromatic carbocycles. The molecule has 0 heterocycles. The molecule has 1 radical (unpaired) electrons. The Morgan fingerprint density at radius 1 is 0.960 bits per heavy atom. The Labute approximate surface area is 147 Å². The van der Waals surface area contributed by atoms with Gasteiger partial charge in [0.2, 0.25) is 0 Å². The van der Waals surface area contributed by atoms with Gasteiger partial charge in [0.25, 0.3) is 10.1 Å². The van der Waals surface area contributed by atoms with Crippen LogP contribution in [-0.2, 0) is 19.6 Å². The fourth-order valence-electron chi connectivity index (χ4n) is 2.19. The number of esters is 1. The molecule has 0 amide bonds. The van der Waals surface area contributed by atoms with Crippen molar-refractivity contribution >= 4 is 21.7 Å². The van der Waals surface area contributed by atoms with Crippen molar-refractivity contribution in [2.24, 2.45) is 0 Å². The summed E-state index contributed by atoms with van der Waals surface area (Å²) in [6.45, 7) is -0.362. The van der Waals surface area contributed by atoms with Crippen molar-refractivity contribution in [2.45, 2.75) is 6.42 Å². The lowest BCUT2D eigenvalue weighted by Crippen LogP contribution is -2.14. The predicted octanol–water partition coefficient (Wildman–Crippen LogP) is 3.14. The zero-order chi connectivity index (χ0) is 18.1. The molecule has 25 heavy (non-hydrogen) atoms. The number of ether oxygens (including phenoxy) is 1. The van der Waals surface area contributed by atoms with E-state index >= 15 is 0 Å². The first-order valence-electron chi connectivity index (χ1n) is 7.71. The molecule has 0 aliphatic rings. The summed E-state index contributed by atoms with van der Waals surface area (Å²) in [4.78, 5) is 11.6. The Bertz CT molecular complexity index is 770. The van der Waals surface area contributed by atoms with Gasteiger partial charge in [-0.05, 0) is 23.1 Å². The van der Waals surface area contributed by atoms with Crippen LogP contribution in [0.1, 0.15) is 17.5 Å². The number of rotatable bonds is 8. The SMILES string of the molecule is O=C(C[CH]C=C(c1ccccc1)c1ccccc1)OCCS(=O)(=O)O. The van der Waals surface area contributed by atoms with Crippen molar-refractivity contribution in [1.29, 1.82) is 0 Å². The Balaban J connectivity index is 2.00. The van der Waals surface area contributed by atoms with E-state index in [1.165, 1.54) is 0 Å². The molecule has 0 aliphatic carbocycles. The maximum atomic E-state index is 11.6. The highest BCUT2D eigenvalue weighted by molar-refractivity contribution is 7.85. The molecule has 6 heteroatoms. The van der Waals surface area contributed by atoms with E-state index < -0.39 is 21.8 Å². The Kier molecular flexibility index (Phi) is 6.91. The van der Waals surface area contributed by atoms with Gasteiger partial charge in [0.1, 0.15) is 12.4 Å². The summed E-state index contributed by atoms with van der Waals surface area (Å²) in [5, 5.41) is 0. The van der Waals surface area contributed by atoms with E-state index in [1.54, 1.807) is 6.42 Å². The number of benzene rings is 2. The molecule has 0 atom stereocenters. The van der Waals surface area contributed by atoms with E-state index in [2.05, 4.69) is 0 Å². The van der Waals surface area contributed by atoms with Crippen molar-refractivity contribution in [3.05, 3.63) is 84.3 Å². The first-order valence-corrected chi connectivity index (χ1v) is 9.32. The molecule has 0 aliphatic heterocycles. The van der Waals surface area contributed by atoms with Gasteiger partial charge in [-0.3, -0.25) is 9.35 Å². The monoisotopic (exact) mass is 359 g/mol. The van der Waals surface area contributed by atoms with Crippen LogP contribution in [0.15, 0.2) is 66.7 Å². The van der Waals surface area contributed by atoms with Crippen molar-refractivity contribution < 1.29 is 22.5 Å². The minimum absolute atomic E-state index is 0.00857. The molecule has 5 nitrogen and oxygen atoms in total. The maximum absolute atomic E-state index is 11.6. The summed E-state index contributed by atoms with van der Waals surface area (Å²) in [5.41, 5.74) is 3.00. The van der Waals surface area contributed by atoms with Crippen LogP contribution in [-0.4, -0.2) is 31.3 Å².